The summed E-state index contributed by atoms with van der Waals surface area (Å²) in [6.07, 6.45) is 27.3. The van der Waals surface area contributed by atoms with E-state index in [-0.39, 0.29) is 0 Å². The lowest BCUT2D eigenvalue weighted by Crippen LogP contribution is -1.85. The lowest BCUT2D eigenvalue weighted by Gasteiger charge is -2.03. The van der Waals surface area contributed by atoms with Crippen molar-refractivity contribution in [3.8, 4) is 0 Å². The molecule has 1 nitrogen and oxygen atoms in total. The van der Waals surface area contributed by atoms with Gasteiger partial charge in [0.05, 0.1) is 0 Å². The lowest BCUT2D eigenvalue weighted by atomic mass is 10.0. The normalized spacial score (nSPS) is 11.0. The van der Waals surface area contributed by atoms with Crippen molar-refractivity contribution in [2.75, 3.05) is 0 Å². The summed E-state index contributed by atoms with van der Waals surface area (Å²) >= 11 is 0. The molecule has 1 aromatic heterocycles. The van der Waals surface area contributed by atoms with Crippen molar-refractivity contribution < 1.29 is 0 Å². The van der Waals surface area contributed by atoms with Gasteiger partial charge in [0.25, 0.3) is 0 Å². The largest absolute Gasteiger partial charge is 0.265 e. The number of pyridine rings is 1. The van der Waals surface area contributed by atoms with Crippen molar-refractivity contribution in [3.05, 3.63) is 36.5 Å². The van der Waals surface area contributed by atoms with Gasteiger partial charge in [-0.15, -0.1) is 0 Å². The van der Waals surface area contributed by atoms with Crippen LogP contribution in [0.4, 0.5) is 0 Å². The predicted octanol–water partition coefficient (Wildman–Crippen LogP) is 7.51. The molecule has 131 valence electrons. The highest BCUT2D eigenvalue weighted by atomic mass is 14.6. The standard InChI is InChI=1S/C22H38N/c1-2-3-4-5-6-7-8-9-10-11-12-13-14-15-16-17-22-18-20-23-21-19-22/h17-21H,2-16H2,1H3. The minimum atomic E-state index is 1.21. The Morgan fingerprint density at radius 2 is 1.09 bits per heavy atom. The Hall–Kier alpha value is -0.850. The molecule has 0 atom stereocenters. The molecule has 1 radical (unpaired) electrons. The van der Waals surface area contributed by atoms with Crippen LogP contribution in [0, 0.1) is 6.42 Å². The Morgan fingerprint density at radius 1 is 0.652 bits per heavy atom. The molecule has 23 heavy (non-hydrogen) atoms. The van der Waals surface area contributed by atoms with Gasteiger partial charge in [-0.05, 0) is 30.5 Å². The fraction of sp³-hybridized carbons (Fsp3) is 0.727. The molecule has 0 bridgehead atoms. The maximum Gasteiger partial charge on any atom is 0.0270 e. The molecule has 0 aliphatic rings. The Bertz CT molecular complexity index is 333. The van der Waals surface area contributed by atoms with Gasteiger partial charge in [0.15, 0.2) is 0 Å². The monoisotopic (exact) mass is 316 g/mol. The van der Waals surface area contributed by atoms with Crippen molar-refractivity contribution >= 4 is 0 Å². The molecule has 0 fully saturated rings. The molecule has 0 unspecified atom stereocenters. The molecule has 0 saturated carbocycles. The Morgan fingerprint density at radius 3 is 1.57 bits per heavy atom. The zero-order valence-corrected chi connectivity index (χ0v) is 15.4. The summed E-state index contributed by atoms with van der Waals surface area (Å²) in [6, 6.07) is 4.17. The second-order valence-corrected chi connectivity index (χ2v) is 6.87. The van der Waals surface area contributed by atoms with E-state index in [1.54, 1.807) is 0 Å². The van der Waals surface area contributed by atoms with E-state index >= 15 is 0 Å². The predicted molar refractivity (Wildman–Crippen MR) is 103 cm³/mol. The van der Waals surface area contributed by atoms with E-state index in [0.29, 0.717) is 0 Å². The number of hydrogen-bond acceptors (Lipinski definition) is 1. The highest BCUT2D eigenvalue weighted by Gasteiger charge is 1.95. The fourth-order valence-electron chi connectivity index (χ4n) is 3.11. The summed E-state index contributed by atoms with van der Waals surface area (Å²) in [7, 11) is 0. The first kappa shape index (κ1) is 20.2. The lowest BCUT2D eigenvalue weighted by molar-refractivity contribution is 0.535. The van der Waals surface area contributed by atoms with Gasteiger partial charge in [-0.25, -0.2) is 0 Å². The van der Waals surface area contributed by atoms with E-state index in [2.05, 4.69) is 30.5 Å². The van der Waals surface area contributed by atoms with E-state index < -0.39 is 0 Å². The molecule has 1 heteroatoms. The Labute approximate surface area is 145 Å². The van der Waals surface area contributed by atoms with E-state index in [9.17, 15) is 0 Å². The number of hydrogen-bond donors (Lipinski definition) is 0. The number of aromatic nitrogens is 1. The summed E-state index contributed by atoms with van der Waals surface area (Å²) < 4.78 is 0. The van der Waals surface area contributed by atoms with Crippen LogP contribution in [0.1, 0.15) is 109 Å². The van der Waals surface area contributed by atoms with E-state index in [0.717, 1.165) is 0 Å². The molecular weight excluding hydrogens is 278 g/mol. The summed E-state index contributed by atoms with van der Waals surface area (Å²) in [6.45, 7) is 2.29. The number of nitrogens with zero attached hydrogens (tertiary/aromatic N) is 1. The van der Waals surface area contributed by atoms with E-state index in [1.807, 2.05) is 12.4 Å². The van der Waals surface area contributed by atoms with Crippen LogP contribution in [0.2, 0.25) is 0 Å². The van der Waals surface area contributed by atoms with Crippen LogP contribution in [0.25, 0.3) is 0 Å². The third-order valence-corrected chi connectivity index (χ3v) is 4.64. The average Bonchev–Trinajstić information content (AvgIpc) is 2.59. The van der Waals surface area contributed by atoms with Gasteiger partial charge in [-0.2, -0.15) is 0 Å². The van der Waals surface area contributed by atoms with Crippen molar-refractivity contribution in [2.45, 2.75) is 103 Å². The molecule has 1 aromatic rings. The third-order valence-electron chi connectivity index (χ3n) is 4.64. The quantitative estimate of drug-likeness (QED) is 0.288. The molecule has 0 N–H and O–H groups in total. The Kier molecular flexibility index (Phi) is 14.1. The van der Waals surface area contributed by atoms with Crippen LogP contribution in [0.5, 0.6) is 0 Å². The third kappa shape index (κ3) is 13.3. The fourth-order valence-corrected chi connectivity index (χ4v) is 3.11. The maximum absolute atomic E-state index is 4.05. The summed E-state index contributed by atoms with van der Waals surface area (Å²) in [4.78, 5) is 4.05. The highest BCUT2D eigenvalue weighted by molar-refractivity contribution is 5.18. The first-order chi connectivity index (χ1) is 11.4. The summed E-state index contributed by atoms with van der Waals surface area (Å²) in [5.41, 5.74) is 1.31. The zero-order chi connectivity index (χ0) is 16.4. The number of unbranched alkanes of at least 4 members (excludes halogenated alkanes) is 14. The van der Waals surface area contributed by atoms with Crippen molar-refractivity contribution in [1.29, 1.82) is 0 Å². The first-order valence-electron chi connectivity index (χ1n) is 10.2. The van der Waals surface area contributed by atoms with Crippen molar-refractivity contribution in [3.63, 3.8) is 0 Å². The van der Waals surface area contributed by atoms with E-state index in [4.69, 9.17) is 0 Å². The molecule has 0 aliphatic carbocycles. The van der Waals surface area contributed by atoms with Gasteiger partial charge in [-0.3, -0.25) is 4.98 Å². The van der Waals surface area contributed by atoms with Crippen LogP contribution in [0.3, 0.4) is 0 Å². The van der Waals surface area contributed by atoms with Crippen molar-refractivity contribution in [1.82, 2.24) is 4.98 Å². The second-order valence-electron chi connectivity index (χ2n) is 6.87. The smallest absolute Gasteiger partial charge is 0.0270 e. The maximum atomic E-state index is 4.05. The highest BCUT2D eigenvalue weighted by Crippen LogP contribution is 2.14. The van der Waals surface area contributed by atoms with Gasteiger partial charge in [0.1, 0.15) is 0 Å². The summed E-state index contributed by atoms with van der Waals surface area (Å²) in [5, 5.41) is 0. The zero-order valence-electron chi connectivity index (χ0n) is 15.4. The van der Waals surface area contributed by atoms with Gasteiger partial charge in [-0.1, -0.05) is 96.8 Å². The minimum absolute atomic E-state index is 1.21. The minimum Gasteiger partial charge on any atom is -0.265 e. The van der Waals surface area contributed by atoms with Gasteiger partial charge < -0.3 is 0 Å². The average molecular weight is 317 g/mol. The van der Waals surface area contributed by atoms with Gasteiger partial charge in [0, 0.05) is 12.4 Å². The molecule has 0 aliphatic heterocycles. The van der Waals surface area contributed by atoms with Crippen molar-refractivity contribution in [2.24, 2.45) is 0 Å². The van der Waals surface area contributed by atoms with Crippen LogP contribution in [-0.4, -0.2) is 4.98 Å². The van der Waals surface area contributed by atoms with Crippen LogP contribution in [-0.2, 0) is 0 Å². The number of rotatable bonds is 16. The SMILES string of the molecule is CCCCCCCCCCCCCCCC[CH]c1ccncc1. The summed E-state index contributed by atoms with van der Waals surface area (Å²) in [5.74, 6) is 0. The molecular formula is C22H38N. The Balaban J connectivity index is 1.72. The molecule has 1 rings (SSSR count). The molecule has 0 amide bonds. The molecule has 0 aromatic carbocycles. The second kappa shape index (κ2) is 16.0. The van der Waals surface area contributed by atoms with Crippen LogP contribution >= 0.6 is 0 Å². The van der Waals surface area contributed by atoms with Crippen LogP contribution < -0.4 is 0 Å². The molecule has 1 heterocycles. The molecule has 0 spiro atoms. The first-order valence-corrected chi connectivity index (χ1v) is 10.2. The van der Waals surface area contributed by atoms with Gasteiger partial charge in [0.2, 0.25) is 0 Å². The molecule has 0 saturated heterocycles. The van der Waals surface area contributed by atoms with Gasteiger partial charge >= 0.3 is 0 Å². The van der Waals surface area contributed by atoms with E-state index in [1.165, 1.54) is 102 Å². The topological polar surface area (TPSA) is 12.9 Å². The van der Waals surface area contributed by atoms with Crippen LogP contribution in [0.15, 0.2) is 24.5 Å².